The van der Waals surface area contributed by atoms with Crippen LogP contribution in [0.2, 0.25) is 0 Å². The summed E-state index contributed by atoms with van der Waals surface area (Å²) in [7, 11) is 0. The molecule has 10 nitrogen and oxygen atoms in total. The van der Waals surface area contributed by atoms with Crippen LogP contribution in [0, 0.1) is 0 Å². The van der Waals surface area contributed by atoms with E-state index in [1.807, 2.05) is 0 Å². The summed E-state index contributed by atoms with van der Waals surface area (Å²) in [5, 5.41) is 7.70. The second-order valence-corrected chi connectivity index (χ2v) is 9.24. The van der Waals surface area contributed by atoms with Crippen molar-refractivity contribution in [2.75, 3.05) is 17.2 Å². The molecule has 0 aliphatic carbocycles. The van der Waals surface area contributed by atoms with Gasteiger partial charge in [0, 0.05) is 11.6 Å². The fraction of sp³-hybridized carbons (Fsp3) is 0.320. The van der Waals surface area contributed by atoms with Gasteiger partial charge in [-0.15, -0.1) is 0 Å². The van der Waals surface area contributed by atoms with Gasteiger partial charge in [-0.3, -0.25) is 24.1 Å². The number of rotatable bonds is 6. The van der Waals surface area contributed by atoms with E-state index in [4.69, 9.17) is 4.74 Å². The number of benzene rings is 2. The van der Waals surface area contributed by atoms with Crippen molar-refractivity contribution >= 4 is 41.1 Å². The van der Waals surface area contributed by atoms with Gasteiger partial charge in [0.15, 0.2) is 0 Å². The average molecular weight is 481 g/mol. The van der Waals surface area contributed by atoms with Gasteiger partial charge in [-0.2, -0.15) is 0 Å². The van der Waals surface area contributed by atoms with E-state index in [0.29, 0.717) is 11.4 Å². The van der Waals surface area contributed by atoms with E-state index < -0.39 is 29.4 Å². The average Bonchev–Trinajstić information content (AvgIpc) is 3.02. The van der Waals surface area contributed by atoms with Crippen molar-refractivity contribution in [3.05, 3.63) is 59.2 Å². The highest BCUT2D eigenvalue weighted by atomic mass is 16.6. The van der Waals surface area contributed by atoms with E-state index in [0.717, 1.165) is 4.90 Å². The summed E-state index contributed by atoms with van der Waals surface area (Å²) in [4.78, 5) is 63.2. The molecule has 184 valence electrons. The van der Waals surface area contributed by atoms with E-state index >= 15 is 0 Å². The molecule has 3 N–H and O–H groups in total. The number of fused-ring (bicyclic) bond motifs is 1. The first-order valence-electron chi connectivity index (χ1n) is 11.1. The number of hydrogen-bond donors (Lipinski definition) is 3. The molecular formula is C25H28N4O6. The van der Waals surface area contributed by atoms with Crippen molar-refractivity contribution in [1.29, 1.82) is 0 Å². The number of nitrogens with one attached hydrogen (secondary N) is 3. The molecule has 1 aliphatic rings. The Hall–Kier alpha value is -4.21. The number of amides is 5. The van der Waals surface area contributed by atoms with Crippen LogP contribution in [0.4, 0.5) is 16.2 Å². The van der Waals surface area contributed by atoms with Crippen LogP contribution in [0.1, 0.15) is 65.7 Å². The fourth-order valence-electron chi connectivity index (χ4n) is 3.43. The van der Waals surface area contributed by atoms with Gasteiger partial charge in [-0.1, -0.05) is 12.1 Å². The molecule has 0 saturated heterocycles. The lowest BCUT2D eigenvalue weighted by Gasteiger charge is -2.19. The lowest BCUT2D eigenvalue weighted by molar-refractivity contribution is -0.115. The third-order valence-corrected chi connectivity index (χ3v) is 4.94. The van der Waals surface area contributed by atoms with Crippen LogP contribution >= 0.6 is 0 Å². The van der Waals surface area contributed by atoms with Gasteiger partial charge in [-0.25, -0.2) is 4.79 Å². The second kappa shape index (κ2) is 9.96. The number of carbonyl (C=O) groups excluding carboxylic acids is 5. The lowest BCUT2D eigenvalue weighted by atomic mass is 10.1. The maximum Gasteiger partial charge on any atom is 0.408 e. The zero-order chi connectivity index (χ0) is 25.9. The largest absolute Gasteiger partial charge is 0.444 e. The van der Waals surface area contributed by atoms with E-state index in [-0.39, 0.29) is 35.2 Å². The molecule has 10 heteroatoms. The normalized spacial score (nSPS) is 12.9. The highest BCUT2D eigenvalue weighted by Crippen LogP contribution is 2.27. The van der Waals surface area contributed by atoms with Crippen LogP contribution in [-0.4, -0.2) is 52.8 Å². The number of hydrogen-bond acceptors (Lipinski definition) is 6. The summed E-state index contributed by atoms with van der Waals surface area (Å²) in [6.07, 6.45) is -0.727. The molecule has 5 amide bonds. The summed E-state index contributed by atoms with van der Waals surface area (Å²) in [5.74, 6) is -1.88. The molecule has 1 heterocycles. The zero-order valence-corrected chi connectivity index (χ0v) is 20.2. The highest BCUT2D eigenvalue weighted by Gasteiger charge is 2.37. The van der Waals surface area contributed by atoms with Gasteiger partial charge in [0.2, 0.25) is 5.91 Å². The van der Waals surface area contributed by atoms with E-state index in [2.05, 4.69) is 16.0 Å². The SMILES string of the molecule is CC(C)N1C(=O)c2ccc(C(=O)Nc3ccccc3NC(=O)CNC(=O)OC(C)(C)C)cc2C1=O. The molecule has 2 aromatic carbocycles. The summed E-state index contributed by atoms with van der Waals surface area (Å²) >= 11 is 0. The van der Waals surface area contributed by atoms with Gasteiger partial charge < -0.3 is 20.7 Å². The number of para-hydroxylation sites is 2. The first kappa shape index (κ1) is 25.4. The Kier molecular flexibility index (Phi) is 7.23. The zero-order valence-electron chi connectivity index (χ0n) is 20.2. The molecule has 0 aromatic heterocycles. The maximum absolute atomic E-state index is 12.9. The van der Waals surface area contributed by atoms with Gasteiger partial charge in [-0.05, 0) is 65.0 Å². The number of imide groups is 1. The molecule has 2 aromatic rings. The Morgan fingerprint density at radius 1 is 0.914 bits per heavy atom. The summed E-state index contributed by atoms with van der Waals surface area (Å²) in [5.41, 5.74) is 0.546. The van der Waals surface area contributed by atoms with Gasteiger partial charge in [0.05, 0.1) is 22.5 Å². The Bertz CT molecular complexity index is 1200. The Morgan fingerprint density at radius 2 is 1.51 bits per heavy atom. The van der Waals surface area contributed by atoms with E-state index in [9.17, 15) is 24.0 Å². The highest BCUT2D eigenvalue weighted by molar-refractivity contribution is 6.22. The van der Waals surface area contributed by atoms with Crippen LogP contribution < -0.4 is 16.0 Å². The van der Waals surface area contributed by atoms with Crippen molar-refractivity contribution in [2.45, 2.75) is 46.3 Å². The van der Waals surface area contributed by atoms with Crippen LogP contribution in [0.15, 0.2) is 42.5 Å². The van der Waals surface area contributed by atoms with Gasteiger partial charge in [0.25, 0.3) is 17.7 Å². The molecule has 3 rings (SSSR count). The summed E-state index contributed by atoms with van der Waals surface area (Å²) in [6, 6.07) is 10.5. The van der Waals surface area contributed by atoms with E-state index in [1.54, 1.807) is 58.9 Å². The fourth-order valence-corrected chi connectivity index (χ4v) is 3.43. The molecule has 0 saturated carbocycles. The van der Waals surface area contributed by atoms with Crippen molar-refractivity contribution in [2.24, 2.45) is 0 Å². The van der Waals surface area contributed by atoms with Crippen molar-refractivity contribution in [3.63, 3.8) is 0 Å². The third-order valence-electron chi connectivity index (χ3n) is 4.94. The van der Waals surface area contributed by atoms with Crippen molar-refractivity contribution in [1.82, 2.24) is 10.2 Å². The Labute approximate surface area is 203 Å². The number of anilines is 2. The van der Waals surface area contributed by atoms with Crippen LogP contribution in [-0.2, 0) is 9.53 Å². The van der Waals surface area contributed by atoms with Crippen LogP contribution in [0.25, 0.3) is 0 Å². The topological polar surface area (TPSA) is 134 Å². The predicted octanol–water partition coefficient (Wildman–Crippen LogP) is 3.41. The quantitative estimate of drug-likeness (QED) is 0.543. The van der Waals surface area contributed by atoms with Crippen molar-refractivity contribution in [3.8, 4) is 0 Å². The lowest BCUT2D eigenvalue weighted by Crippen LogP contribution is -2.37. The smallest absolute Gasteiger partial charge is 0.408 e. The minimum atomic E-state index is -0.727. The standard InChI is InChI=1S/C25H28N4O6/c1-14(2)29-22(32)16-11-10-15(12-17(16)23(29)33)21(31)28-19-9-7-6-8-18(19)27-20(30)13-26-24(34)35-25(3,4)5/h6-12,14H,13H2,1-5H3,(H,26,34)(H,27,30)(H,28,31). The molecule has 0 unspecified atom stereocenters. The number of alkyl carbamates (subject to hydrolysis) is 1. The minimum Gasteiger partial charge on any atom is -0.444 e. The monoisotopic (exact) mass is 480 g/mol. The number of carbonyl (C=O) groups is 5. The Morgan fingerprint density at radius 3 is 2.11 bits per heavy atom. The van der Waals surface area contributed by atoms with Gasteiger partial charge in [0.1, 0.15) is 12.1 Å². The molecule has 0 fully saturated rings. The minimum absolute atomic E-state index is 0.172. The molecule has 0 radical (unpaired) electrons. The van der Waals surface area contributed by atoms with Gasteiger partial charge >= 0.3 is 6.09 Å². The Balaban J connectivity index is 1.69. The third kappa shape index (κ3) is 6.03. The second-order valence-electron chi connectivity index (χ2n) is 9.24. The molecule has 1 aliphatic heterocycles. The summed E-state index contributed by atoms with van der Waals surface area (Å²) in [6.45, 7) is 8.28. The van der Waals surface area contributed by atoms with Crippen LogP contribution in [0.3, 0.4) is 0 Å². The van der Waals surface area contributed by atoms with E-state index in [1.165, 1.54) is 18.2 Å². The van der Waals surface area contributed by atoms with Crippen molar-refractivity contribution < 1.29 is 28.7 Å². The first-order chi connectivity index (χ1) is 16.4. The maximum atomic E-state index is 12.9. The number of nitrogens with zero attached hydrogens (tertiary/aromatic N) is 1. The molecule has 0 bridgehead atoms. The molecule has 35 heavy (non-hydrogen) atoms. The summed E-state index contributed by atoms with van der Waals surface area (Å²) < 4.78 is 5.09. The molecule has 0 atom stereocenters. The molecule has 0 spiro atoms. The predicted molar refractivity (Wildman–Crippen MR) is 129 cm³/mol. The molecular weight excluding hydrogens is 452 g/mol. The number of ether oxygens (including phenoxy) is 1. The van der Waals surface area contributed by atoms with Crippen LogP contribution in [0.5, 0.6) is 0 Å². The first-order valence-corrected chi connectivity index (χ1v) is 11.1.